The van der Waals surface area contributed by atoms with Gasteiger partial charge in [0.05, 0.1) is 32.7 Å². The van der Waals surface area contributed by atoms with Crippen LogP contribution in [0.25, 0.3) is 0 Å². The summed E-state index contributed by atoms with van der Waals surface area (Å²) in [7, 11) is -3.53. The molecule has 0 heterocycles. The Balaban J connectivity index is 0.000000205. The predicted molar refractivity (Wildman–Crippen MR) is 130 cm³/mol. The highest BCUT2D eigenvalue weighted by molar-refractivity contribution is 9.10. The Hall–Kier alpha value is -1.41. The van der Waals surface area contributed by atoms with Crippen molar-refractivity contribution in [3.63, 3.8) is 0 Å². The van der Waals surface area contributed by atoms with Crippen LogP contribution >= 0.6 is 31.9 Å². The molecule has 0 spiro atoms. The van der Waals surface area contributed by atoms with Crippen molar-refractivity contribution in [2.45, 2.75) is 25.7 Å². The van der Waals surface area contributed by atoms with Gasteiger partial charge in [-0.05, 0) is 49.9 Å². The first-order chi connectivity index (χ1) is 16.8. The highest BCUT2D eigenvalue weighted by Crippen LogP contribution is 2.47. The smallest absolute Gasteiger partial charge is 0.264 e. The SMILES string of the molecule is CS(=O)(=O)OCC1(COc2c(F)cc(Br)cc2F)CC1.OCC1(COc2c(F)cc(Br)cc2F)CC1. The van der Waals surface area contributed by atoms with E-state index in [1.807, 2.05) is 0 Å². The van der Waals surface area contributed by atoms with Crippen LogP contribution < -0.4 is 9.47 Å². The molecule has 200 valence electrons. The average Bonchev–Trinajstić information content (AvgIpc) is 3.68. The lowest BCUT2D eigenvalue weighted by Gasteiger charge is -2.16. The summed E-state index contributed by atoms with van der Waals surface area (Å²) in [6, 6.07) is 4.50. The summed E-state index contributed by atoms with van der Waals surface area (Å²) in [6.07, 6.45) is 4.02. The van der Waals surface area contributed by atoms with Crippen molar-refractivity contribution in [2.75, 3.05) is 32.7 Å². The maximum Gasteiger partial charge on any atom is 0.264 e. The average molecular weight is 664 g/mol. The first-order valence-corrected chi connectivity index (χ1v) is 14.2. The zero-order chi connectivity index (χ0) is 26.7. The van der Waals surface area contributed by atoms with Crippen molar-refractivity contribution < 1.29 is 44.7 Å². The van der Waals surface area contributed by atoms with E-state index in [0.29, 0.717) is 17.3 Å². The number of hydrogen-bond acceptors (Lipinski definition) is 6. The third-order valence-corrected chi connectivity index (χ3v) is 7.26. The van der Waals surface area contributed by atoms with E-state index >= 15 is 0 Å². The third-order valence-electron chi connectivity index (χ3n) is 5.80. The van der Waals surface area contributed by atoms with Crippen LogP contribution in [-0.2, 0) is 14.3 Å². The largest absolute Gasteiger partial charge is 0.487 e. The lowest BCUT2D eigenvalue weighted by molar-refractivity contribution is 0.140. The molecule has 2 aromatic rings. The number of aliphatic hydroxyl groups is 1. The van der Waals surface area contributed by atoms with Gasteiger partial charge in [-0.2, -0.15) is 8.42 Å². The zero-order valence-corrected chi connectivity index (χ0v) is 23.1. The fourth-order valence-electron chi connectivity index (χ4n) is 3.05. The van der Waals surface area contributed by atoms with Gasteiger partial charge in [0.15, 0.2) is 34.8 Å². The molecule has 0 radical (unpaired) electrons. The lowest BCUT2D eigenvalue weighted by atomic mass is 10.1. The van der Waals surface area contributed by atoms with E-state index in [4.69, 9.17) is 18.8 Å². The van der Waals surface area contributed by atoms with Gasteiger partial charge in [-0.25, -0.2) is 17.6 Å². The van der Waals surface area contributed by atoms with Crippen molar-refractivity contribution in [3.05, 3.63) is 56.5 Å². The number of benzene rings is 2. The van der Waals surface area contributed by atoms with Gasteiger partial charge in [0, 0.05) is 19.8 Å². The molecule has 1 N–H and O–H groups in total. The third kappa shape index (κ3) is 8.30. The van der Waals surface area contributed by atoms with Gasteiger partial charge in [0.1, 0.15) is 0 Å². The molecule has 0 atom stereocenters. The molecule has 0 aliphatic heterocycles. The number of hydrogen-bond donors (Lipinski definition) is 1. The molecule has 0 aromatic heterocycles. The molecule has 36 heavy (non-hydrogen) atoms. The topological polar surface area (TPSA) is 82.1 Å². The Morgan fingerprint density at radius 1 is 0.778 bits per heavy atom. The molecule has 4 rings (SSSR count). The molecule has 0 saturated heterocycles. The second-order valence-electron chi connectivity index (χ2n) is 9.10. The summed E-state index contributed by atoms with van der Waals surface area (Å²) < 4.78 is 91.3. The van der Waals surface area contributed by atoms with E-state index in [9.17, 15) is 26.0 Å². The number of ether oxygens (including phenoxy) is 2. The van der Waals surface area contributed by atoms with Gasteiger partial charge in [0.2, 0.25) is 0 Å². The van der Waals surface area contributed by atoms with Crippen molar-refractivity contribution in [3.8, 4) is 11.5 Å². The number of rotatable bonds is 10. The molecule has 0 unspecified atom stereocenters. The van der Waals surface area contributed by atoms with Gasteiger partial charge in [-0.15, -0.1) is 0 Å². The van der Waals surface area contributed by atoms with E-state index in [-0.39, 0.29) is 42.1 Å². The normalized spacial score (nSPS) is 17.1. The maximum atomic E-state index is 13.6. The fourth-order valence-corrected chi connectivity index (χ4v) is 4.32. The Bertz CT molecular complexity index is 1160. The van der Waals surface area contributed by atoms with Crippen LogP contribution in [-0.4, -0.2) is 46.2 Å². The lowest BCUT2D eigenvalue weighted by Crippen LogP contribution is -2.22. The number of halogens is 6. The molecule has 2 saturated carbocycles. The Labute approximate surface area is 223 Å². The molecule has 0 amide bonds. The first kappa shape index (κ1) is 29.2. The highest BCUT2D eigenvalue weighted by Gasteiger charge is 2.45. The molecule has 2 aromatic carbocycles. The van der Waals surface area contributed by atoms with Gasteiger partial charge >= 0.3 is 0 Å². The monoisotopic (exact) mass is 662 g/mol. The Kier molecular flexibility index (Phi) is 9.35. The first-order valence-electron chi connectivity index (χ1n) is 10.8. The quantitative estimate of drug-likeness (QED) is 0.258. The molecule has 13 heteroatoms. The second-order valence-corrected chi connectivity index (χ2v) is 12.6. The minimum absolute atomic E-state index is 0.00718. The van der Waals surface area contributed by atoms with Crippen molar-refractivity contribution in [1.82, 2.24) is 0 Å². The van der Waals surface area contributed by atoms with E-state index in [0.717, 1.165) is 43.4 Å². The van der Waals surface area contributed by atoms with Gasteiger partial charge < -0.3 is 14.6 Å². The Morgan fingerprint density at radius 2 is 1.14 bits per heavy atom. The van der Waals surface area contributed by atoms with Crippen LogP contribution in [0.2, 0.25) is 0 Å². The van der Waals surface area contributed by atoms with Crippen LogP contribution in [0, 0.1) is 34.1 Å². The van der Waals surface area contributed by atoms with Crippen molar-refractivity contribution >= 4 is 42.0 Å². The van der Waals surface area contributed by atoms with Crippen LogP contribution in [0.3, 0.4) is 0 Å². The molecular weight excluding hydrogens is 640 g/mol. The number of aliphatic hydroxyl groups excluding tert-OH is 1. The molecule has 2 fully saturated rings. The molecule has 2 aliphatic rings. The second kappa shape index (κ2) is 11.5. The summed E-state index contributed by atoms with van der Waals surface area (Å²) in [5.41, 5.74) is -0.763. The van der Waals surface area contributed by atoms with E-state index in [1.54, 1.807) is 0 Å². The summed E-state index contributed by atoms with van der Waals surface area (Å²) in [5.74, 6) is -3.92. The summed E-state index contributed by atoms with van der Waals surface area (Å²) in [5, 5.41) is 9.04. The van der Waals surface area contributed by atoms with E-state index in [2.05, 4.69) is 31.9 Å². The summed E-state index contributed by atoms with van der Waals surface area (Å²) in [4.78, 5) is 0. The van der Waals surface area contributed by atoms with E-state index in [1.165, 1.54) is 0 Å². The molecule has 2 aliphatic carbocycles. The maximum absolute atomic E-state index is 13.6. The highest BCUT2D eigenvalue weighted by atomic mass is 79.9. The summed E-state index contributed by atoms with van der Waals surface area (Å²) in [6.45, 7) is 0.120. The summed E-state index contributed by atoms with van der Waals surface area (Å²) >= 11 is 5.96. The van der Waals surface area contributed by atoms with Gasteiger partial charge in [-0.3, -0.25) is 4.18 Å². The minimum Gasteiger partial charge on any atom is -0.487 e. The molecule has 6 nitrogen and oxygen atoms in total. The van der Waals surface area contributed by atoms with Crippen molar-refractivity contribution in [1.29, 1.82) is 0 Å². The predicted octanol–water partition coefficient (Wildman–Crippen LogP) is 5.74. The van der Waals surface area contributed by atoms with E-state index < -0.39 is 44.6 Å². The standard InChI is InChI=1S/C12H13BrF2O4S.C11H11BrF2O2/c1-20(16,17)19-7-12(2-3-12)6-18-11-9(14)4-8(13)5-10(11)15;12-7-3-8(13)10(9(14)4-7)16-6-11(5-15)1-2-11/h4-5H,2-3,6-7H2,1H3;3-4,15H,1-2,5-6H2. The Morgan fingerprint density at radius 3 is 1.44 bits per heavy atom. The van der Waals surface area contributed by atoms with Crippen LogP contribution in [0.5, 0.6) is 11.5 Å². The van der Waals surface area contributed by atoms with Crippen molar-refractivity contribution in [2.24, 2.45) is 10.8 Å². The van der Waals surface area contributed by atoms with Gasteiger partial charge in [0.25, 0.3) is 10.1 Å². The molecule has 0 bridgehead atoms. The fraction of sp³-hybridized carbons (Fsp3) is 0.478. The zero-order valence-electron chi connectivity index (χ0n) is 19.1. The van der Waals surface area contributed by atoms with Gasteiger partial charge in [-0.1, -0.05) is 31.9 Å². The molecular formula is C23H24Br2F4O6S. The van der Waals surface area contributed by atoms with Crippen LogP contribution in [0.15, 0.2) is 33.2 Å². The van der Waals surface area contributed by atoms with Crippen LogP contribution in [0.4, 0.5) is 17.6 Å². The minimum atomic E-state index is -3.53. The van der Waals surface area contributed by atoms with Crippen LogP contribution in [0.1, 0.15) is 25.7 Å².